The standard InChI is InChI=1S/C16H13F2N5O/c1-9-5-10(2)23(22-9)16-19-7-12(8-20-16)21-15(24)13-4-3-11(17)6-14(13)18/h3-8H,1-2H3,(H,21,24). The summed E-state index contributed by atoms with van der Waals surface area (Å²) in [6, 6.07) is 4.62. The number of hydrogen-bond donors (Lipinski definition) is 1. The summed E-state index contributed by atoms with van der Waals surface area (Å²) >= 11 is 0. The Labute approximate surface area is 136 Å². The van der Waals surface area contributed by atoms with Gasteiger partial charge in [-0.1, -0.05) is 0 Å². The molecule has 0 unspecified atom stereocenters. The first kappa shape index (κ1) is 15.7. The van der Waals surface area contributed by atoms with E-state index in [-0.39, 0.29) is 11.3 Å². The van der Waals surface area contributed by atoms with Crippen molar-refractivity contribution < 1.29 is 13.6 Å². The largest absolute Gasteiger partial charge is 0.319 e. The molecule has 122 valence electrons. The van der Waals surface area contributed by atoms with Crippen LogP contribution in [-0.2, 0) is 0 Å². The van der Waals surface area contributed by atoms with Crippen LogP contribution in [0.4, 0.5) is 14.5 Å². The predicted molar refractivity (Wildman–Crippen MR) is 82.9 cm³/mol. The van der Waals surface area contributed by atoms with Gasteiger partial charge in [-0.05, 0) is 32.0 Å². The molecule has 2 heterocycles. The molecule has 8 heteroatoms. The predicted octanol–water partition coefficient (Wildman–Crippen LogP) is 2.81. The number of amides is 1. The highest BCUT2D eigenvalue weighted by Gasteiger charge is 2.13. The summed E-state index contributed by atoms with van der Waals surface area (Å²) < 4.78 is 28.0. The van der Waals surface area contributed by atoms with Crippen LogP contribution in [0.3, 0.4) is 0 Å². The Kier molecular flexibility index (Phi) is 4.03. The lowest BCUT2D eigenvalue weighted by molar-refractivity contribution is 0.102. The Morgan fingerprint density at radius 1 is 1.12 bits per heavy atom. The van der Waals surface area contributed by atoms with E-state index in [1.165, 1.54) is 12.4 Å². The van der Waals surface area contributed by atoms with Crippen LogP contribution in [0.25, 0.3) is 5.95 Å². The third-order valence-electron chi connectivity index (χ3n) is 3.27. The molecule has 0 saturated carbocycles. The van der Waals surface area contributed by atoms with Crippen LogP contribution in [0, 0.1) is 25.5 Å². The topological polar surface area (TPSA) is 72.7 Å². The maximum absolute atomic E-state index is 13.6. The zero-order chi connectivity index (χ0) is 17.3. The third kappa shape index (κ3) is 3.12. The van der Waals surface area contributed by atoms with Gasteiger partial charge in [0.1, 0.15) is 11.6 Å². The third-order valence-corrected chi connectivity index (χ3v) is 3.27. The Hall–Kier alpha value is -3.16. The van der Waals surface area contributed by atoms with Crippen molar-refractivity contribution in [3.63, 3.8) is 0 Å². The Balaban J connectivity index is 1.79. The molecule has 0 aliphatic rings. The first-order valence-electron chi connectivity index (χ1n) is 7.06. The molecule has 0 aliphatic carbocycles. The van der Waals surface area contributed by atoms with Crippen molar-refractivity contribution in [2.45, 2.75) is 13.8 Å². The van der Waals surface area contributed by atoms with Crippen LogP contribution >= 0.6 is 0 Å². The van der Waals surface area contributed by atoms with Gasteiger partial charge in [0.25, 0.3) is 11.9 Å². The van der Waals surface area contributed by atoms with E-state index in [0.29, 0.717) is 12.0 Å². The zero-order valence-corrected chi connectivity index (χ0v) is 12.9. The number of nitrogens with zero attached hydrogens (tertiary/aromatic N) is 4. The average Bonchev–Trinajstić information content (AvgIpc) is 2.86. The van der Waals surface area contributed by atoms with Crippen molar-refractivity contribution in [1.82, 2.24) is 19.7 Å². The zero-order valence-electron chi connectivity index (χ0n) is 12.9. The van der Waals surface area contributed by atoms with E-state index in [1.54, 1.807) is 4.68 Å². The molecular weight excluding hydrogens is 316 g/mol. The number of halogens is 2. The fourth-order valence-electron chi connectivity index (χ4n) is 2.20. The minimum Gasteiger partial charge on any atom is -0.319 e. The SMILES string of the molecule is Cc1cc(C)n(-c2ncc(NC(=O)c3ccc(F)cc3F)cn2)n1. The van der Waals surface area contributed by atoms with Gasteiger partial charge < -0.3 is 5.32 Å². The highest BCUT2D eigenvalue weighted by Crippen LogP contribution is 2.13. The van der Waals surface area contributed by atoms with Gasteiger partial charge in [-0.3, -0.25) is 4.79 Å². The summed E-state index contributed by atoms with van der Waals surface area (Å²) in [6.45, 7) is 3.73. The van der Waals surface area contributed by atoms with Gasteiger partial charge in [0, 0.05) is 11.8 Å². The van der Waals surface area contributed by atoms with E-state index in [4.69, 9.17) is 0 Å². The van der Waals surface area contributed by atoms with E-state index in [2.05, 4.69) is 20.4 Å². The molecule has 0 radical (unpaired) electrons. The summed E-state index contributed by atoms with van der Waals surface area (Å²) in [5.74, 6) is -2.05. The van der Waals surface area contributed by atoms with Gasteiger partial charge in [0.2, 0.25) is 0 Å². The van der Waals surface area contributed by atoms with E-state index in [9.17, 15) is 13.6 Å². The number of carbonyl (C=O) groups is 1. The second kappa shape index (κ2) is 6.15. The molecule has 0 atom stereocenters. The highest BCUT2D eigenvalue weighted by molar-refractivity contribution is 6.04. The van der Waals surface area contributed by atoms with Crippen molar-refractivity contribution in [3.8, 4) is 5.95 Å². The fraction of sp³-hybridized carbons (Fsp3) is 0.125. The summed E-state index contributed by atoms with van der Waals surface area (Å²) in [5, 5.41) is 6.72. The van der Waals surface area contributed by atoms with Crippen LogP contribution < -0.4 is 5.32 Å². The van der Waals surface area contributed by atoms with Gasteiger partial charge in [-0.15, -0.1) is 0 Å². The molecule has 3 aromatic rings. The maximum Gasteiger partial charge on any atom is 0.258 e. The highest BCUT2D eigenvalue weighted by atomic mass is 19.1. The van der Waals surface area contributed by atoms with E-state index < -0.39 is 17.5 Å². The van der Waals surface area contributed by atoms with E-state index >= 15 is 0 Å². The molecule has 24 heavy (non-hydrogen) atoms. The second-order valence-corrected chi connectivity index (χ2v) is 5.19. The number of rotatable bonds is 3. The normalized spacial score (nSPS) is 10.7. The molecule has 0 aliphatic heterocycles. The lowest BCUT2D eigenvalue weighted by Crippen LogP contribution is -2.15. The fourth-order valence-corrected chi connectivity index (χ4v) is 2.20. The van der Waals surface area contributed by atoms with Crippen molar-refractivity contribution >= 4 is 11.6 Å². The van der Waals surface area contributed by atoms with Gasteiger partial charge >= 0.3 is 0 Å². The minimum absolute atomic E-state index is 0.265. The monoisotopic (exact) mass is 329 g/mol. The Morgan fingerprint density at radius 3 is 2.42 bits per heavy atom. The van der Waals surface area contributed by atoms with Crippen LogP contribution in [0.5, 0.6) is 0 Å². The first-order chi connectivity index (χ1) is 11.4. The molecule has 3 rings (SSSR count). The molecule has 2 aromatic heterocycles. The van der Waals surface area contributed by atoms with Crippen molar-refractivity contribution in [2.75, 3.05) is 5.32 Å². The number of aromatic nitrogens is 4. The first-order valence-corrected chi connectivity index (χ1v) is 7.06. The van der Waals surface area contributed by atoms with Crippen LogP contribution in [0.15, 0.2) is 36.7 Å². The van der Waals surface area contributed by atoms with E-state index in [1.807, 2.05) is 19.9 Å². The number of benzene rings is 1. The molecular formula is C16H13F2N5O. The van der Waals surface area contributed by atoms with E-state index in [0.717, 1.165) is 23.5 Å². The lowest BCUT2D eigenvalue weighted by atomic mass is 10.2. The molecule has 0 bridgehead atoms. The summed E-state index contributed by atoms with van der Waals surface area (Å²) in [5.41, 5.74) is 1.73. The molecule has 6 nitrogen and oxygen atoms in total. The molecule has 1 amide bonds. The quantitative estimate of drug-likeness (QED) is 0.802. The molecule has 0 spiro atoms. The minimum atomic E-state index is -0.937. The number of nitrogens with one attached hydrogen (secondary N) is 1. The number of anilines is 1. The van der Waals surface area contributed by atoms with Crippen LogP contribution in [0.1, 0.15) is 21.7 Å². The summed E-state index contributed by atoms with van der Waals surface area (Å²) in [7, 11) is 0. The Morgan fingerprint density at radius 2 is 1.83 bits per heavy atom. The average molecular weight is 329 g/mol. The lowest BCUT2D eigenvalue weighted by Gasteiger charge is -2.07. The summed E-state index contributed by atoms with van der Waals surface area (Å²) in [6.07, 6.45) is 2.77. The maximum atomic E-state index is 13.6. The molecule has 1 N–H and O–H groups in total. The number of aryl methyl sites for hydroxylation is 2. The van der Waals surface area contributed by atoms with Crippen LogP contribution in [0.2, 0.25) is 0 Å². The smallest absolute Gasteiger partial charge is 0.258 e. The number of hydrogen-bond acceptors (Lipinski definition) is 4. The molecule has 0 saturated heterocycles. The Bertz CT molecular complexity index is 905. The van der Waals surface area contributed by atoms with Crippen molar-refractivity contribution in [1.29, 1.82) is 0 Å². The van der Waals surface area contributed by atoms with Gasteiger partial charge in [0.15, 0.2) is 0 Å². The van der Waals surface area contributed by atoms with Gasteiger partial charge in [-0.25, -0.2) is 23.4 Å². The van der Waals surface area contributed by atoms with Crippen molar-refractivity contribution in [3.05, 3.63) is 65.2 Å². The van der Waals surface area contributed by atoms with Crippen molar-refractivity contribution in [2.24, 2.45) is 0 Å². The molecule has 1 aromatic carbocycles. The van der Waals surface area contributed by atoms with Crippen LogP contribution in [-0.4, -0.2) is 25.7 Å². The van der Waals surface area contributed by atoms with Gasteiger partial charge in [-0.2, -0.15) is 5.10 Å². The summed E-state index contributed by atoms with van der Waals surface area (Å²) in [4.78, 5) is 20.3. The second-order valence-electron chi connectivity index (χ2n) is 5.19. The number of carbonyl (C=O) groups excluding carboxylic acids is 1. The molecule has 0 fully saturated rings. The van der Waals surface area contributed by atoms with Gasteiger partial charge in [0.05, 0.1) is 29.3 Å².